The number of fused-ring (bicyclic) bond motifs is 2. The van der Waals surface area contributed by atoms with Crippen LogP contribution in [0, 0.1) is 0 Å². The summed E-state index contributed by atoms with van der Waals surface area (Å²) in [6.45, 7) is 6.79. The highest BCUT2D eigenvalue weighted by atomic mass is 16.5. The molecule has 2 aliphatic rings. The van der Waals surface area contributed by atoms with Crippen molar-refractivity contribution in [2.24, 2.45) is 0 Å². The molecule has 0 saturated carbocycles. The SMILES string of the molecule is COc1cc2c(cc1OC)CN(Cc1c(-c3ccc(NC(=O)CN4CCN(C)CC4)cc3)nc3ccccn13)CC2. The molecule has 0 unspecified atom stereocenters. The van der Waals surface area contributed by atoms with Crippen LogP contribution in [0.4, 0.5) is 5.69 Å². The number of rotatable bonds is 8. The summed E-state index contributed by atoms with van der Waals surface area (Å²) in [4.78, 5) is 24.6. The molecule has 4 heterocycles. The van der Waals surface area contributed by atoms with Gasteiger partial charge < -0.3 is 24.1 Å². The molecule has 214 valence electrons. The summed E-state index contributed by atoms with van der Waals surface area (Å²) in [7, 11) is 5.48. The zero-order valence-corrected chi connectivity index (χ0v) is 24.1. The molecule has 0 atom stereocenters. The minimum Gasteiger partial charge on any atom is -0.493 e. The Morgan fingerprint density at radius 1 is 0.902 bits per heavy atom. The van der Waals surface area contributed by atoms with Crippen LogP contribution in [0.15, 0.2) is 60.8 Å². The van der Waals surface area contributed by atoms with Crippen LogP contribution in [0.2, 0.25) is 0 Å². The molecule has 0 bridgehead atoms. The van der Waals surface area contributed by atoms with Gasteiger partial charge in [-0.25, -0.2) is 4.98 Å². The van der Waals surface area contributed by atoms with Crippen molar-refractivity contribution in [1.29, 1.82) is 0 Å². The number of ether oxygens (including phenoxy) is 2. The highest BCUT2D eigenvalue weighted by Gasteiger charge is 2.23. The summed E-state index contributed by atoms with van der Waals surface area (Å²) in [5.41, 5.74) is 7.44. The molecule has 4 aromatic rings. The lowest BCUT2D eigenvalue weighted by atomic mass is 9.98. The molecule has 2 aromatic carbocycles. The molecule has 41 heavy (non-hydrogen) atoms. The Balaban J connectivity index is 1.19. The largest absolute Gasteiger partial charge is 0.493 e. The highest BCUT2D eigenvalue weighted by Crippen LogP contribution is 2.34. The number of likely N-dealkylation sites (N-methyl/N-ethyl adjacent to an activating group) is 1. The standard InChI is InChI=1S/C32H38N6O3/c1-35-14-16-36(17-15-35)22-31(39)33-26-9-7-23(8-10-26)32-27(38-12-5-4-6-30(38)34-32)21-37-13-11-24-18-28(40-2)29(41-3)19-25(24)20-37/h4-10,12,18-19H,11,13-17,20-22H2,1-3H3,(H,33,39). The maximum absolute atomic E-state index is 12.7. The number of anilines is 1. The Kier molecular flexibility index (Phi) is 7.91. The predicted molar refractivity (Wildman–Crippen MR) is 161 cm³/mol. The zero-order valence-electron chi connectivity index (χ0n) is 24.1. The third-order valence-electron chi connectivity index (χ3n) is 8.20. The molecule has 1 amide bonds. The molecule has 1 saturated heterocycles. The van der Waals surface area contributed by atoms with E-state index >= 15 is 0 Å². The summed E-state index contributed by atoms with van der Waals surface area (Å²) in [5, 5.41) is 3.07. The second-order valence-electron chi connectivity index (χ2n) is 11.0. The minimum atomic E-state index is 0.0235. The zero-order chi connectivity index (χ0) is 28.3. The summed E-state index contributed by atoms with van der Waals surface area (Å²) in [6, 6.07) is 18.4. The fourth-order valence-electron chi connectivity index (χ4n) is 5.84. The normalized spacial score (nSPS) is 16.5. The lowest BCUT2D eigenvalue weighted by Gasteiger charge is -2.31. The summed E-state index contributed by atoms with van der Waals surface area (Å²) in [6.07, 6.45) is 3.03. The van der Waals surface area contributed by atoms with Gasteiger partial charge in [-0.2, -0.15) is 0 Å². The van der Waals surface area contributed by atoms with Crippen molar-refractivity contribution in [3.8, 4) is 22.8 Å². The van der Waals surface area contributed by atoms with Crippen molar-refractivity contribution in [3.05, 3.63) is 77.6 Å². The Morgan fingerprint density at radius 2 is 1.63 bits per heavy atom. The van der Waals surface area contributed by atoms with Crippen molar-refractivity contribution in [1.82, 2.24) is 24.1 Å². The number of benzene rings is 2. The molecule has 9 heteroatoms. The van der Waals surface area contributed by atoms with Crippen LogP contribution in [0.25, 0.3) is 16.9 Å². The van der Waals surface area contributed by atoms with E-state index in [1.165, 1.54) is 11.1 Å². The number of piperazine rings is 1. The molecule has 0 aliphatic carbocycles. The maximum Gasteiger partial charge on any atom is 0.238 e. The van der Waals surface area contributed by atoms with Gasteiger partial charge in [-0.15, -0.1) is 0 Å². The first-order valence-electron chi connectivity index (χ1n) is 14.2. The minimum absolute atomic E-state index is 0.0235. The molecule has 0 radical (unpaired) electrons. The summed E-state index contributed by atoms with van der Waals surface area (Å²) in [5.74, 6) is 1.57. The number of aromatic nitrogens is 2. The lowest BCUT2D eigenvalue weighted by Crippen LogP contribution is -2.47. The Hall–Kier alpha value is -3.92. The van der Waals surface area contributed by atoms with Crippen LogP contribution in [0.5, 0.6) is 11.5 Å². The fourth-order valence-corrected chi connectivity index (χ4v) is 5.84. The lowest BCUT2D eigenvalue weighted by molar-refractivity contribution is -0.117. The topological polar surface area (TPSA) is 74.6 Å². The van der Waals surface area contributed by atoms with Gasteiger partial charge in [0.2, 0.25) is 5.91 Å². The van der Waals surface area contributed by atoms with Crippen LogP contribution in [-0.4, -0.2) is 90.5 Å². The monoisotopic (exact) mass is 554 g/mol. The number of hydrogen-bond donors (Lipinski definition) is 1. The molecule has 0 spiro atoms. The highest BCUT2D eigenvalue weighted by molar-refractivity contribution is 5.92. The number of pyridine rings is 1. The fraction of sp³-hybridized carbons (Fsp3) is 0.375. The van der Waals surface area contributed by atoms with Gasteiger partial charge in [0.05, 0.1) is 32.2 Å². The third-order valence-corrected chi connectivity index (χ3v) is 8.20. The molecule has 1 fully saturated rings. The van der Waals surface area contributed by atoms with E-state index in [4.69, 9.17) is 14.5 Å². The average Bonchev–Trinajstić information content (AvgIpc) is 3.36. The Morgan fingerprint density at radius 3 is 2.37 bits per heavy atom. The number of nitrogens with one attached hydrogen (secondary N) is 1. The molecule has 1 N–H and O–H groups in total. The Labute approximate surface area is 241 Å². The number of imidazole rings is 1. The van der Waals surface area contributed by atoms with E-state index in [9.17, 15) is 4.79 Å². The smallest absolute Gasteiger partial charge is 0.238 e. The van der Waals surface area contributed by atoms with Crippen molar-refractivity contribution in [3.63, 3.8) is 0 Å². The van der Waals surface area contributed by atoms with Crippen molar-refractivity contribution >= 4 is 17.2 Å². The summed E-state index contributed by atoms with van der Waals surface area (Å²) < 4.78 is 13.3. The molecule has 2 aliphatic heterocycles. The van der Waals surface area contributed by atoms with Gasteiger partial charge in [0.25, 0.3) is 0 Å². The molecular formula is C32H38N6O3. The maximum atomic E-state index is 12.7. The third kappa shape index (κ3) is 5.93. The van der Waals surface area contributed by atoms with E-state index in [-0.39, 0.29) is 5.91 Å². The van der Waals surface area contributed by atoms with Gasteiger partial charge in [-0.05, 0) is 61.0 Å². The van der Waals surface area contributed by atoms with E-state index in [1.807, 2.05) is 30.3 Å². The van der Waals surface area contributed by atoms with E-state index in [1.54, 1.807) is 14.2 Å². The van der Waals surface area contributed by atoms with Gasteiger partial charge >= 0.3 is 0 Å². The first-order chi connectivity index (χ1) is 20.0. The number of amides is 1. The quantitative estimate of drug-likeness (QED) is 0.356. The van der Waals surface area contributed by atoms with Gasteiger partial charge in [-0.3, -0.25) is 14.6 Å². The average molecular weight is 555 g/mol. The molecular weight excluding hydrogens is 516 g/mol. The second-order valence-corrected chi connectivity index (χ2v) is 11.0. The first kappa shape index (κ1) is 27.3. The predicted octanol–water partition coefficient (Wildman–Crippen LogP) is 3.76. The van der Waals surface area contributed by atoms with Gasteiger partial charge in [0.15, 0.2) is 11.5 Å². The summed E-state index contributed by atoms with van der Waals surface area (Å²) >= 11 is 0. The van der Waals surface area contributed by atoms with Crippen LogP contribution < -0.4 is 14.8 Å². The van der Waals surface area contributed by atoms with Gasteiger partial charge in [0.1, 0.15) is 5.65 Å². The number of nitrogens with zero attached hydrogens (tertiary/aromatic N) is 5. The van der Waals surface area contributed by atoms with Crippen LogP contribution in [-0.2, 0) is 24.3 Å². The molecule has 2 aromatic heterocycles. The molecule has 9 nitrogen and oxygen atoms in total. The van der Waals surface area contributed by atoms with Crippen LogP contribution in [0.3, 0.4) is 0 Å². The van der Waals surface area contributed by atoms with Crippen molar-refractivity contribution in [2.45, 2.75) is 19.5 Å². The number of carbonyl (C=O) groups excluding carboxylic acids is 1. The first-order valence-corrected chi connectivity index (χ1v) is 14.2. The van der Waals surface area contributed by atoms with Crippen molar-refractivity contribution in [2.75, 3.05) is 65.9 Å². The number of hydrogen-bond acceptors (Lipinski definition) is 7. The number of carbonyl (C=O) groups is 1. The number of methoxy groups -OCH3 is 2. The van der Waals surface area contributed by atoms with Crippen molar-refractivity contribution < 1.29 is 14.3 Å². The van der Waals surface area contributed by atoms with Crippen LogP contribution >= 0.6 is 0 Å². The van der Waals surface area contributed by atoms with Crippen LogP contribution in [0.1, 0.15) is 16.8 Å². The Bertz CT molecular complexity index is 1520. The van der Waals surface area contributed by atoms with Gasteiger partial charge in [-0.1, -0.05) is 18.2 Å². The molecule has 6 rings (SSSR count). The van der Waals surface area contributed by atoms with E-state index in [0.717, 1.165) is 92.0 Å². The van der Waals surface area contributed by atoms with E-state index in [2.05, 4.69) is 61.9 Å². The van der Waals surface area contributed by atoms with E-state index in [0.29, 0.717) is 6.54 Å². The second kappa shape index (κ2) is 11.9. The van der Waals surface area contributed by atoms with E-state index < -0.39 is 0 Å². The van der Waals surface area contributed by atoms with Gasteiger partial charge in [0, 0.05) is 63.3 Å².